The van der Waals surface area contributed by atoms with E-state index in [9.17, 15) is 9.59 Å². The molecule has 2 aromatic rings. The topological polar surface area (TPSA) is 64.7 Å². The molecule has 0 aliphatic carbocycles. The van der Waals surface area contributed by atoms with Crippen LogP contribution in [0, 0.1) is 6.92 Å². The van der Waals surface area contributed by atoms with Gasteiger partial charge in [0.2, 0.25) is 0 Å². The van der Waals surface area contributed by atoms with Gasteiger partial charge in [-0.25, -0.2) is 0 Å². The molecule has 148 valence electrons. The Labute approximate surface area is 166 Å². The van der Waals surface area contributed by atoms with Crippen molar-refractivity contribution in [3.63, 3.8) is 0 Å². The first-order valence-corrected chi connectivity index (χ1v) is 9.51. The van der Waals surface area contributed by atoms with Crippen molar-refractivity contribution in [2.24, 2.45) is 0 Å². The number of nitrogens with one attached hydrogen (secondary N) is 2. The van der Waals surface area contributed by atoms with E-state index in [4.69, 9.17) is 0 Å². The first-order chi connectivity index (χ1) is 13.3. The number of carbonyl (C=O) groups excluding carboxylic acids is 2. The van der Waals surface area contributed by atoms with Crippen LogP contribution in [0.15, 0.2) is 42.5 Å². The van der Waals surface area contributed by atoms with Crippen molar-refractivity contribution in [2.45, 2.75) is 19.4 Å². The fourth-order valence-corrected chi connectivity index (χ4v) is 3.57. The second-order valence-electron chi connectivity index (χ2n) is 7.57. The van der Waals surface area contributed by atoms with Gasteiger partial charge in [-0.2, -0.15) is 0 Å². The minimum Gasteiger partial charge on any atom is -0.374 e. The number of rotatable bonds is 5. The fraction of sp³-hybridized carbons (Fsp3) is 0.364. The molecular formula is C22H28N4O2. The largest absolute Gasteiger partial charge is 0.374 e. The maximum atomic E-state index is 12.3. The van der Waals surface area contributed by atoms with E-state index in [0.29, 0.717) is 12.2 Å². The van der Waals surface area contributed by atoms with Crippen molar-refractivity contribution in [2.75, 3.05) is 44.4 Å². The quantitative estimate of drug-likeness (QED) is 0.782. The lowest BCUT2D eigenvalue weighted by molar-refractivity contribution is -0.136. The summed E-state index contributed by atoms with van der Waals surface area (Å²) in [7, 11) is 6.05. The van der Waals surface area contributed by atoms with Crippen molar-refractivity contribution >= 4 is 23.2 Å². The maximum Gasteiger partial charge on any atom is 0.313 e. The summed E-state index contributed by atoms with van der Waals surface area (Å²) in [6.45, 7) is 3.33. The summed E-state index contributed by atoms with van der Waals surface area (Å²) in [5.74, 6) is -1.28. The second kappa shape index (κ2) is 8.44. The van der Waals surface area contributed by atoms with Crippen LogP contribution in [0.1, 0.15) is 22.7 Å². The number of likely N-dealkylation sites (N-methyl/N-ethyl adjacent to an activating group) is 2. The molecule has 0 bridgehead atoms. The highest BCUT2D eigenvalue weighted by Gasteiger charge is 2.22. The molecule has 3 rings (SSSR count). The summed E-state index contributed by atoms with van der Waals surface area (Å²) in [4.78, 5) is 28.8. The van der Waals surface area contributed by atoms with E-state index in [1.165, 1.54) is 11.3 Å². The van der Waals surface area contributed by atoms with Gasteiger partial charge in [0.15, 0.2) is 0 Å². The average molecular weight is 380 g/mol. The predicted octanol–water partition coefficient (Wildman–Crippen LogP) is 2.34. The Kier molecular flexibility index (Phi) is 5.99. The Hall–Kier alpha value is -2.86. The number of anilines is 2. The number of carbonyl (C=O) groups is 2. The monoisotopic (exact) mass is 380 g/mol. The lowest BCUT2D eigenvalue weighted by Crippen LogP contribution is -2.40. The minimum atomic E-state index is -0.654. The van der Waals surface area contributed by atoms with E-state index in [1.807, 2.05) is 39.2 Å². The smallest absolute Gasteiger partial charge is 0.313 e. The van der Waals surface area contributed by atoms with Crippen LogP contribution in [0.4, 0.5) is 11.4 Å². The zero-order valence-corrected chi connectivity index (χ0v) is 17.0. The molecule has 6 nitrogen and oxygen atoms in total. The molecule has 1 heterocycles. The fourth-order valence-electron chi connectivity index (χ4n) is 3.57. The zero-order valence-electron chi connectivity index (χ0n) is 17.0. The number of hydrogen-bond acceptors (Lipinski definition) is 4. The molecule has 28 heavy (non-hydrogen) atoms. The van der Waals surface area contributed by atoms with Gasteiger partial charge in [-0.1, -0.05) is 24.3 Å². The summed E-state index contributed by atoms with van der Waals surface area (Å²) in [5, 5.41) is 5.41. The van der Waals surface area contributed by atoms with Crippen molar-refractivity contribution in [3.8, 4) is 0 Å². The van der Waals surface area contributed by atoms with Gasteiger partial charge in [-0.15, -0.1) is 0 Å². The lowest BCUT2D eigenvalue weighted by Gasteiger charge is -2.26. The summed E-state index contributed by atoms with van der Waals surface area (Å²) >= 11 is 0. The standard InChI is InChI=1S/C22H28N4O2/c1-15-6-5-7-18(12-15)24-22(28)21(27)23-14-20(25(2)3)16-8-9-19-17(13-16)10-11-26(19)4/h5-9,12-13,20H,10-11,14H2,1-4H3,(H,23,27)(H,24,28)/t20-/m0/s1. The van der Waals surface area contributed by atoms with Gasteiger partial charge in [0.1, 0.15) is 0 Å². The molecule has 0 spiro atoms. The van der Waals surface area contributed by atoms with Crippen LogP contribution in [0.2, 0.25) is 0 Å². The van der Waals surface area contributed by atoms with Crippen molar-refractivity contribution < 1.29 is 9.59 Å². The number of benzene rings is 2. The van der Waals surface area contributed by atoms with Gasteiger partial charge in [0, 0.05) is 31.5 Å². The Morgan fingerprint density at radius 1 is 1.14 bits per heavy atom. The van der Waals surface area contributed by atoms with E-state index in [0.717, 1.165) is 24.1 Å². The van der Waals surface area contributed by atoms with Crippen LogP contribution >= 0.6 is 0 Å². The van der Waals surface area contributed by atoms with Crippen LogP contribution in [-0.4, -0.2) is 50.9 Å². The molecule has 0 fully saturated rings. The Balaban J connectivity index is 1.63. The first-order valence-electron chi connectivity index (χ1n) is 9.51. The maximum absolute atomic E-state index is 12.3. The molecule has 1 atom stereocenters. The van der Waals surface area contributed by atoms with E-state index < -0.39 is 11.8 Å². The molecule has 0 radical (unpaired) electrons. The highest BCUT2D eigenvalue weighted by atomic mass is 16.2. The van der Waals surface area contributed by atoms with E-state index in [-0.39, 0.29) is 6.04 Å². The summed E-state index contributed by atoms with van der Waals surface area (Å²) in [5.41, 5.74) is 5.37. The molecule has 1 aliphatic heterocycles. The highest BCUT2D eigenvalue weighted by molar-refractivity contribution is 6.39. The number of nitrogens with zero attached hydrogens (tertiary/aromatic N) is 2. The number of aryl methyl sites for hydroxylation is 1. The summed E-state index contributed by atoms with van der Waals surface area (Å²) in [6, 6.07) is 13.8. The van der Waals surface area contributed by atoms with E-state index >= 15 is 0 Å². The third-order valence-electron chi connectivity index (χ3n) is 5.18. The van der Waals surface area contributed by atoms with Gasteiger partial charge >= 0.3 is 11.8 Å². The number of amides is 2. The van der Waals surface area contributed by atoms with Crippen LogP contribution in [0.3, 0.4) is 0 Å². The third-order valence-corrected chi connectivity index (χ3v) is 5.18. The van der Waals surface area contributed by atoms with Crippen LogP contribution in [0.5, 0.6) is 0 Å². The molecule has 2 aromatic carbocycles. The van der Waals surface area contributed by atoms with Gasteiger partial charge in [0.05, 0.1) is 6.04 Å². The van der Waals surface area contributed by atoms with Gasteiger partial charge in [-0.3, -0.25) is 9.59 Å². The van der Waals surface area contributed by atoms with Gasteiger partial charge in [0.25, 0.3) is 0 Å². The molecule has 1 aliphatic rings. The Bertz CT molecular complexity index is 879. The average Bonchev–Trinajstić information content (AvgIpc) is 3.02. The van der Waals surface area contributed by atoms with Crippen molar-refractivity contribution in [1.82, 2.24) is 10.2 Å². The predicted molar refractivity (Wildman–Crippen MR) is 113 cm³/mol. The molecule has 6 heteroatoms. The normalized spacial score (nSPS) is 14.0. The second-order valence-corrected chi connectivity index (χ2v) is 7.57. The Morgan fingerprint density at radius 2 is 1.93 bits per heavy atom. The minimum absolute atomic E-state index is 0.00748. The Morgan fingerprint density at radius 3 is 2.64 bits per heavy atom. The molecule has 2 N–H and O–H groups in total. The van der Waals surface area contributed by atoms with Crippen LogP contribution < -0.4 is 15.5 Å². The zero-order chi connectivity index (χ0) is 20.3. The van der Waals surface area contributed by atoms with E-state index in [2.05, 4.69) is 45.7 Å². The third kappa shape index (κ3) is 4.51. The number of hydrogen-bond donors (Lipinski definition) is 2. The molecule has 0 unspecified atom stereocenters. The molecule has 0 aromatic heterocycles. The van der Waals surface area contributed by atoms with Crippen molar-refractivity contribution in [3.05, 3.63) is 59.2 Å². The molecule has 2 amide bonds. The van der Waals surface area contributed by atoms with Gasteiger partial charge < -0.3 is 20.4 Å². The summed E-state index contributed by atoms with van der Waals surface area (Å²) in [6.07, 6.45) is 1.03. The lowest BCUT2D eigenvalue weighted by atomic mass is 10.0. The van der Waals surface area contributed by atoms with Crippen LogP contribution in [0.25, 0.3) is 0 Å². The number of fused-ring (bicyclic) bond motifs is 1. The SMILES string of the molecule is Cc1cccc(NC(=O)C(=O)NC[C@@H](c2ccc3c(c2)CCN3C)N(C)C)c1. The first kappa shape index (κ1) is 19.9. The molecular weight excluding hydrogens is 352 g/mol. The molecule has 0 saturated heterocycles. The van der Waals surface area contributed by atoms with Crippen LogP contribution in [-0.2, 0) is 16.0 Å². The molecule has 0 saturated carbocycles. The highest BCUT2D eigenvalue weighted by Crippen LogP contribution is 2.30. The van der Waals surface area contributed by atoms with E-state index in [1.54, 1.807) is 6.07 Å². The van der Waals surface area contributed by atoms with Crippen molar-refractivity contribution in [1.29, 1.82) is 0 Å². The van der Waals surface area contributed by atoms with Gasteiger partial charge in [-0.05, 0) is 62.3 Å². The summed E-state index contributed by atoms with van der Waals surface area (Å²) < 4.78 is 0.